The van der Waals surface area contributed by atoms with Crippen LogP contribution in [-0.4, -0.2) is 26.8 Å². The lowest BCUT2D eigenvalue weighted by atomic mass is 10.1. The highest BCUT2D eigenvalue weighted by Gasteiger charge is 2.19. The first-order valence-electron chi connectivity index (χ1n) is 5.20. The maximum absolute atomic E-state index is 11.8. The minimum atomic E-state index is -1.26. The third-order valence-corrected chi connectivity index (χ3v) is 2.52. The summed E-state index contributed by atoms with van der Waals surface area (Å²) in [5, 5.41) is 19.6. The smallest absolute Gasteiger partial charge is 0.328 e. The van der Waals surface area contributed by atoms with E-state index in [1.54, 1.807) is 6.07 Å². The number of ketones is 1. The number of hydrogen-bond donors (Lipinski definition) is 2. The molecule has 0 aliphatic heterocycles. The molecule has 0 saturated carbocycles. The first kappa shape index (κ1) is 12.5. The number of benzene rings is 1. The molecule has 0 spiro atoms. The number of aromatic amines is 1. The van der Waals surface area contributed by atoms with Crippen LogP contribution in [0.25, 0.3) is 10.9 Å². The van der Waals surface area contributed by atoms with Gasteiger partial charge in [-0.05, 0) is 12.1 Å². The molecule has 1 aromatic carbocycles. The van der Waals surface area contributed by atoms with Crippen LogP contribution in [0.5, 0.6) is 0 Å². The largest absolute Gasteiger partial charge is 0.478 e. The second-order valence-corrected chi connectivity index (χ2v) is 3.69. The molecule has 1 aromatic heterocycles. The number of hydrogen-bond acceptors (Lipinski definition) is 4. The van der Waals surface area contributed by atoms with Crippen LogP contribution in [0, 0.1) is 10.1 Å². The molecule has 0 aliphatic rings. The van der Waals surface area contributed by atoms with Crippen molar-refractivity contribution < 1.29 is 19.6 Å². The first-order chi connectivity index (χ1) is 9.00. The van der Waals surface area contributed by atoms with Crippen molar-refractivity contribution in [2.24, 2.45) is 0 Å². The SMILES string of the molecule is O=C(O)C=CC(=O)c1c[nH]c2cccc([N+](=O)[O-])c12. The Morgan fingerprint density at radius 2 is 2.05 bits per heavy atom. The van der Waals surface area contributed by atoms with Gasteiger partial charge in [-0.25, -0.2) is 4.79 Å². The predicted molar refractivity (Wildman–Crippen MR) is 66.1 cm³/mol. The van der Waals surface area contributed by atoms with Crippen molar-refractivity contribution >= 4 is 28.3 Å². The van der Waals surface area contributed by atoms with E-state index in [-0.39, 0.29) is 16.6 Å². The molecular weight excluding hydrogens is 252 g/mol. The number of aromatic nitrogens is 1. The van der Waals surface area contributed by atoms with E-state index in [0.717, 1.165) is 6.08 Å². The summed E-state index contributed by atoms with van der Waals surface area (Å²) >= 11 is 0. The quantitative estimate of drug-likeness (QED) is 0.377. The van der Waals surface area contributed by atoms with Gasteiger partial charge in [0.15, 0.2) is 5.78 Å². The Hall–Kier alpha value is -2.96. The molecule has 0 radical (unpaired) electrons. The normalized spacial score (nSPS) is 10.9. The van der Waals surface area contributed by atoms with Crippen LogP contribution < -0.4 is 0 Å². The Morgan fingerprint density at radius 3 is 2.68 bits per heavy atom. The van der Waals surface area contributed by atoms with Gasteiger partial charge in [0, 0.05) is 18.3 Å². The van der Waals surface area contributed by atoms with E-state index < -0.39 is 16.7 Å². The summed E-state index contributed by atoms with van der Waals surface area (Å²) in [6.07, 6.45) is 2.88. The van der Waals surface area contributed by atoms with Crippen molar-refractivity contribution in [3.05, 3.63) is 52.2 Å². The second kappa shape index (κ2) is 4.73. The first-order valence-corrected chi connectivity index (χ1v) is 5.20. The molecule has 0 fully saturated rings. The Kier molecular flexibility index (Phi) is 3.11. The number of nitro groups is 1. The molecule has 2 aromatic rings. The monoisotopic (exact) mass is 260 g/mol. The molecule has 96 valence electrons. The highest BCUT2D eigenvalue weighted by atomic mass is 16.6. The number of nitrogens with zero attached hydrogens (tertiary/aromatic N) is 1. The number of allylic oxidation sites excluding steroid dienone is 1. The molecule has 2 N–H and O–H groups in total. The third kappa shape index (κ3) is 2.34. The third-order valence-electron chi connectivity index (χ3n) is 2.52. The zero-order valence-corrected chi connectivity index (χ0v) is 9.49. The average molecular weight is 260 g/mol. The van der Waals surface area contributed by atoms with Gasteiger partial charge in [-0.2, -0.15) is 0 Å². The van der Waals surface area contributed by atoms with Gasteiger partial charge in [-0.3, -0.25) is 14.9 Å². The zero-order valence-electron chi connectivity index (χ0n) is 9.49. The van der Waals surface area contributed by atoms with Crippen LogP contribution in [0.15, 0.2) is 36.5 Å². The summed E-state index contributed by atoms with van der Waals surface area (Å²) in [6.45, 7) is 0. The minimum Gasteiger partial charge on any atom is -0.478 e. The number of carbonyl (C=O) groups excluding carboxylic acids is 1. The Morgan fingerprint density at radius 1 is 1.32 bits per heavy atom. The lowest BCUT2D eigenvalue weighted by molar-refractivity contribution is -0.383. The van der Waals surface area contributed by atoms with Gasteiger partial charge in [0.1, 0.15) is 0 Å². The van der Waals surface area contributed by atoms with Gasteiger partial charge in [0.25, 0.3) is 5.69 Å². The fraction of sp³-hybridized carbons (Fsp3) is 0. The number of non-ortho nitro benzene ring substituents is 1. The number of nitrogens with one attached hydrogen (secondary N) is 1. The van der Waals surface area contributed by atoms with Gasteiger partial charge < -0.3 is 10.1 Å². The highest BCUT2D eigenvalue weighted by molar-refractivity contribution is 6.16. The van der Waals surface area contributed by atoms with Crippen LogP contribution in [0.1, 0.15) is 10.4 Å². The summed E-state index contributed by atoms with van der Waals surface area (Å²) in [4.78, 5) is 35.2. The number of H-pyrrole nitrogens is 1. The van der Waals surface area contributed by atoms with Gasteiger partial charge in [0.2, 0.25) is 0 Å². The standard InChI is InChI=1S/C12H8N2O5/c15-10(4-5-11(16)17)7-6-13-8-2-1-3-9(12(7)8)14(18)19/h1-6,13H,(H,16,17). The molecule has 7 nitrogen and oxygen atoms in total. The molecule has 0 unspecified atom stereocenters. The van der Waals surface area contributed by atoms with Crippen molar-refractivity contribution in [1.82, 2.24) is 4.98 Å². The molecule has 0 aliphatic carbocycles. The Bertz CT molecular complexity index is 714. The van der Waals surface area contributed by atoms with E-state index in [9.17, 15) is 19.7 Å². The molecule has 19 heavy (non-hydrogen) atoms. The van der Waals surface area contributed by atoms with Crippen molar-refractivity contribution in [3.8, 4) is 0 Å². The van der Waals surface area contributed by atoms with Gasteiger partial charge >= 0.3 is 5.97 Å². The molecule has 0 amide bonds. The van der Waals surface area contributed by atoms with E-state index in [1.807, 2.05) is 0 Å². The van der Waals surface area contributed by atoms with E-state index in [2.05, 4.69) is 4.98 Å². The van der Waals surface area contributed by atoms with Crippen LogP contribution in [0.2, 0.25) is 0 Å². The van der Waals surface area contributed by atoms with Crippen molar-refractivity contribution in [1.29, 1.82) is 0 Å². The van der Waals surface area contributed by atoms with Crippen LogP contribution in [0.3, 0.4) is 0 Å². The summed E-state index contributed by atoms with van der Waals surface area (Å²) in [7, 11) is 0. The lowest BCUT2D eigenvalue weighted by Gasteiger charge is -1.96. The van der Waals surface area contributed by atoms with Gasteiger partial charge in [-0.1, -0.05) is 6.07 Å². The number of carbonyl (C=O) groups is 2. The topological polar surface area (TPSA) is 113 Å². The molecule has 1 heterocycles. The number of nitro benzene ring substituents is 1. The fourth-order valence-corrected chi connectivity index (χ4v) is 1.75. The number of carboxylic acids is 1. The zero-order chi connectivity index (χ0) is 14.0. The summed E-state index contributed by atoms with van der Waals surface area (Å²) < 4.78 is 0. The number of carboxylic acid groups (broad SMARTS) is 1. The van der Waals surface area contributed by atoms with Gasteiger partial charge in [-0.15, -0.1) is 0 Å². The number of fused-ring (bicyclic) bond motifs is 1. The van der Waals surface area contributed by atoms with Crippen LogP contribution in [0.4, 0.5) is 5.69 Å². The fourth-order valence-electron chi connectivity index (χ4n) is 1.75. The predicted octanol–water partition coefficient (Wildman–Crippen LogP) is 1.90. The van der Waals surface area contributed by atoms with E-state index >= 15 is 0 Å². The Labute approximate surface area is 106 Å². The van der Waals surface area contributed by atoms with Crippen LogP contribution >= 0.6 is 0 Å². The molecular formula is C12H8N2O5. The maximum Gasteiger partial charge on any atom is 0.328 e. The molecule has 0 bridgehead atoms. The molecule has 0 saturated heterocycles. The molecule has 0 atom stereocenters. The lowest BCUT2D eigenvalue weighted by Crippen LogP contribution is -1.97. The minimum absolute atomic E-state index is 0.0693. The van der Waals surface area contributed by atoms with E-state index in [4.69, 9.17) is 5.11 Å². The summed E-state index contributed by atoms with van der Waals surface area (Å²) in [6, 6.07) is 4.38. The summed E-state index contributed by atoms with van der Waals surface area (Å²) in [5.74, 6) is -1.87. The van der Waals surface area contributed by atoms with E-state index in [1.165, 1.54) is 18.3 Å². The second-order valence-electron chi connectivity index (χ2n) is 3.69. The van der Waals surface area contributed by atoms with Crippen molar-refractivity contribution in [2.45, 2.75) is 0 Å². The maximum atomic E-state index is 11.8. The summed E-state index contributed by atoms with van der Waals surface area (Å²) in [5.41, 5.74) is 0.312. The van der Waals surface area contributed by atoms with E-state index in [0.29, 0.717) is 11.6 Å². The molecule has 2 rings (SSSR count). The number of rotatable bonds is 4. The Balaban J connectivity index is 2.59. The highest BCUT2D eigenvalue weighted by Crippen LogP contribution is 2.28. The molecule has 7 heteroatoms. The van der Waals surface area contributed by atoms with Gasteiger partial charge in [0.05, 0.1) is 21.4 Å². The number of aliphatic carboxylic acids is 1. The van der Waals surface area contributed by atoms with Crippen molar-refractivity contribution in [3.63, 3.8) is 0 Å². The average Bonchev–Trinajstić information content (AvgIpc) is 2.79. The van der Waals surface area contributed by atoms with Crippen molar-refractivity contribution in [2.75, 3.05) is 0 Å². The van der Waals surface area contributed by atoms with Crippen LogP contribution in [-0.2, 0) is 4.79 Å².